The Labute approximate surface area is 181 Å². The molecule has 30 heavy (non-hydrogen) atoms. The van der Waals surface area contributed by atoms with Crippen molar-refractivity contribution in [3.05, 3.63) is 77.7 Å². The minimum atomic E-state index is -0.188. The number of benzene rings is 2. The van der Waals surface area contributed by atoms with E-state index >= 15 is 0 Å². The predicted octanol–water partition coefficient (Wildman–Crippen LogP) is 8.41. The molecule has 0 bridgehead atoms. The van der Waals surface area contributed by atoms with Crippen molar-refractivity contribution in [1.29, 1.82) is 0 Å². The van der Waals surface area contributed by atoms with Gasteiger partial charge in [0.2, 0.25) is 0 Å². The summed E-state index contributed by atoms with van der Waals surface area (Å²) in [5.74, 6) is -0.188. The monoisotopic (exact) mass is 403 g/mol. The summed E-state index contributed by atoms with van der Waals surface area (Å²) in [7, 11) is 0. The van der Waals surface area contributed by atoms with Gasteiger partial charge in [-0.25, -0.2) is 4.39 Å². The molecule has 0 saturated heterocycles. The van der Waals surface area contributed by atoms with Gasteiger partial charge in [0.1, 0.15) is 5.82 Å². The van der Waals surface area contributed by atoms with Crippen LogP contribution in [0.4, 0.5) is 4.39 Å². The van der Waals surface area contributed by atoms with Gasteiger partial charge in [-0.3, -0.25) is 4.98 Å². The minimum absolute atomic E-state index is 0.188. The molecule has 0 atom stereocenters. The topological polar surface area (TPSA) is 12.9 Å². The Bertz CT molecular complexity index is 897. The molecular weight excluding hydrogens is 369 g/mol. The van der Waals surface area contributed by atoms with Gasteiger partial charge in [0, 0.05) is 17.3 Å². The molecule has 0 aliphatic heterocycles. The summed E-state index contributed by atoms with van der Waals surface area (Å²) in [5.41, 5.74) is 5.92. The zero-order valence-corrected chi connectivity index (χ0v) is 18.5. The van der Waals surface area contributed by atoms with Crippen LogP contribution in [0, 0.1) is 5.82 Å². The molecule has 2 aromatic carbocycles. The summed E-state index contributed by atoms with van der Waals surface area (Å²) in [6, 6.07) is 18.3. The number of unbranched alkanes of at least 4 members (excludes halogenated alkanes) is 5. The Hall–Kier alpha value is -2.48. The van der Waals surface area contributed by atoms with Crippen LogP contribution in [-0.4, -0.2) is 4.98 Å². The third-order valence-corrected chi connectivity index (χ3v) is 5.75. The molecule has 1 aromatic heterocycles. The Morgan fingerprint density at radius 3 is 2.00 bits per heavy atom. The van der Waals surface area contributed by atoms with E-state index in [1.807, 2.05) is 30.5 Å². The summed E-state index contributed by atoms with van der Waals surface area (Å²) < 4.78 is 14.6. The van der Waals surface area contributed by atoms with Gasteiger partial charge in [0.15, 0.2) is 0 Å². The molecule has 0 aliphatic carbocycles. The fourth-order valence-corrected chi connectivity index (χ4v) is 3.82. The molecular formula is C28H34FN. The Kier molecular flexibility index (Phi) is 8.62. The molecule has 0 fully saturated rings. The van der Waals surface area contributed by atoms with Crippen LogP contribution in [0.5, 0.6) is 0 Å². The minimum Gasteiger partial charge on any atom is -0.256 e. The summed E-state index contributed by atoms with van der Waals surface area (Å²) in [4.78, 5) is 4.54. The highest BCUT2D eigenvalue weighted by atomic mass is 19.1. The standard InChI is InChI=1S/C28H34FN/c1-3-5-7-8-9-11-22-12-15-24(16-13-22)25-17-19-28(30-21-25)26-18-14-23(10-6-4-2)20-27(26)29/h12-21H,3-11H2,1-2H3. The van der Waals surface area contributed by atoms with Crippen molar-refractivity contribution >= 4 is 0 Å². The first kappa shape index (κ1) is 22.2. The predicted molar refractivity (Wildman–Crippen MR) is 126 cm³/mol. The van der Waals surface area contributed by atoms with E-state index in [9.17, 15) is 4.39 Å². The molecule has 0 radical (unpaired) electrons. The van der Waals surface area contributed by atoms with E-state index in [4.69, 9.17) is 0 Å². The molecule has 0 amide bonds. The van der Waals surface area contributed by atoms with Crippen LogP contribution < -0.4 is 0 Å². The van der Waals surface area contributed by atoms with Crippen molar-refractivity contribution in [2.75, 3.05) is 0 Å². The number of pyridine rings is 1. The van der Waals surface area contributed by atoms with Crippen molar-refractivity contribution in [3.8, 4) is 22.4 Å². The number of nitrogens with zero attached hydrogens (tertiary/aromatic N) is 1. The van der Waals surface area contributed by atoms with Crippen LogP contribution in [0.3, 0.4) is 0 Å². The Morgan fingerprint density at radius 1 is 0.667 bits per heavy atom. The van der Waals surface area contributed by atoms with E-state index in [-0.39, 0.29) is 5.82 Å². The maximum Gasteiger partial charge on any atom is 0.132 e. The largest absolute Gasteiger partial charge is 0.256 e. The third kappa shape index (κ3) is 6.26. The zero-order chi connectivity index (χ0) is 21.2. The lowest BCUT2D eigenvalue weighted by molar-refractivity contribution is 0.627. The number of rotatable bonds is 11. The number of halogens is 1. The Morgan fingerprint density at radius 2 is 1.33 bits per heavy atom. The Balaban J connectivity index is 1.63. The van der Waals surface area contributed by atoms with E-state index in [1.165, 1.54) is 37.7 Å². The molecule has 0 aliphatic rings. The fourth-order valence-electron chi connectivity index (χ4n) is 3.82. The first-order valence-corrected chi connectivity index (χ1v) is 11.6. The first-order chi connectivity index (χ1) is 14.7. The molecule has 0 N–H and O–H groups in total. The lowest BCUT2D eigenvalue weighted by atomic mass is 10.0. The highest BCUT2D eigenvalue weighted by Gasteiger charge is 2.08. The molecule has 3 rings (SSSR count). The molecule has 158 valence electrons. The van der Waals surface area contributed by atoms with Gasteiger partial charge in [-0.15, -0.1) is 0 Å². The van der Waals surface area contributed by atoms with Crippen molar-refractivity contribution in [3.63, 3.8) is 0 Å². The molecule has 1 heterocycles. The van der Waals surface area contributed by atoms with Crippen LogP contribution in [0.2, 0.25) is 0 Å². The summed E-state index contributed by atoms with van der Waals surface area (Å²) >= 11 is 0. The van der Waals surface area contributed by atoms with E-state index in [0.29, 0.717) is 11.3 Å². The number of hydrogen-bond acceptors (Lipinski definition) is 1. The van der Waals surface area contributed by atoms with Crippen LogP contribution >= 0.6 is 0 Å². The van der Waals surface area contributed by atoms with Gasteiger partial charge in [-0.2, -0.15) is 0 Å². The van der Waals surface area contributed by atoms with Gasteiger partial charge < -0.3 is 0 Å². The van der Waals surface area contributed by atoms with Gasteiger partial charge in [0.05, 0.1) is 5.69 Å². The summed E-state index contributed by atoms with van der Waals surface area (Å²) in [6.45, 7) is 4.40. The first-order valence-electron chi connectivity index (χ1n) is 11.6. The molecule has 0 saturated carbocycles. The molecule has 1 nitrogen and oxygen atoms in total. The lowest BCUT2D eigenvalue weighted by Gasteiger charge is -2.08. The second kappa shape index (κ2) is 11.6. The second-order valence-corrected chi connectivity index (χ2v) is 8.21. The van der Waals surface area contributed by atoms with E-state index in [0.717, 1.165) is 42.4 Å². The lowest BCUT2D eigenvalue weighted by Crippen LogP contribution is -1.92. The quantitative estimate of drug-likeness (QED) is 0.293. The number of aromatic nitrogens is 1. The van der Waals surface area contributed by atoms with E-state index in [2.05, 4.69) is 43.1 Å². The van der Waals surface area contributed by atoms with E-state index < -0.39 is 0 Å². The van der Waals surface area contributed by atoms with Gasteiger partial charge in [-0.1, -0.05) is 82.3 Å². The van der Waals surface area contributed by atoms with Crippen molar-refractivity contribution in [1.82, 2.24) is 4.98 Å². The number of aryl methyl sites for hydroxylation is 2. The van der Waals surface area contributed by atoms with Crippen LogP contribution in [-0.2, 0) is 12.8 Å². The third-order valence-electron chi connectivity index (χ3n) is 5.75. The fraction of sp³-hybridized carbons (Fsp3) is 0.393. The maximum absolute atomic E-state index is 14.6. The number of hydrogen-bond donors (Lipinski definition) is 0. The van der Waals surface area contributed by atoms with Gasteiger partial charge in [0.25, 0.3) is 0 Å². The van der Waals surface area contributed by atoms with Crippen molar-refractivity contribution in [2.24, 2.45) is 0 Å². The van der Waals surface area contributed by atoms with Gasteiger partial charge >= 0.3 is 0 Å². The zero-order valence-electron chi connectivity index (χ0n) is 18.5. The maximum atomic E-state index is 14.6. The summed E-state index contributed by atoms with van der Waals surface area (Å²) in [6.07, 6.45) is 12.7. The normalized spacial score (nSPS) is 11.0. The van der Waals surface area contributed by atoms with Crippen molar-refractivity contribution < 1.29 is 4.39 Å². The van der Waals surface area contributed by atoms with Crippen LogP contribution in [0.15, 0.2) is 60.8 Å². The molecule has 0 spiro atoms. The highest BCUT2D eigenvalue weighted by Crippen LogP contribution is 2.26. The molecule has 2 heteroatoms. The van der Waals surface area contributed by atoms with E-state index in [1.54, 1.807) is 6.07 Å². The van der Waals surface area contributed by atoms with Gasteiger partial charge in [-0.05, 0) is 60.6 Å². The smallest absolute Gasteiger partial charge is 0.132 e. The van der Waals surface area contributed by atoms with Crippen LogP contribution in [0.25, 0.3) is 22.4 Å². The summed E-state index contributed by atoms with van der Waals surface area (Å²) in [5, 5.41) is 0. The van der Waals surface area contributed by atoms with Crippen LogP contribution in [0.1, 0.15) is 69.9 Å². The average Bonchev–Trinajstić information content (AvgIpc) is 2.78. The second-order valence-electron chi connectivity index (χ2n) is 8.21. The SMILES string of the molecule is CCCCCCCc1ccc(-c2ccc(-c3ccc(CCCC)cc3F)nc2)cc1. The van der Waals surface area contributed by atoms with Crippen molar-refractivity contribution in [2.45, 2.75) is 71.6 Å². The average molecular weight is 404 g/mol. The highest BCUT2D eigenvalue weighted by molar-refractivity contribution is 5.67. The molecule has 0 unspecified atom stereocenters. The molecule has 3 aromatic rings.